The van der Waals surface area contributed by atoms with Gasteiger partial charge in [0.25, 0.3) is 29.1 Å². The monoisotopic (exact) mass is 1740 g/mol. The average Bonchev–Trinajstić information content (AvgIpc) is 1.70. The normalized spacial score (nSPS) is 12.4. The Morgan fingerprint density at radius 3 is 0.808 bits per heavy atom. The Hall–Kier alpha value is -12.3. The Morgan fingerprint density at radius 2 is 0.523 bits per heavy atom. The van der Waals surface area contributed by atoms with Crippen LogP contribution in [0.2, 0.25) is 0 Å². The van der Waals surface area contributed by atoms with E-state index in [2.05, 4.69) is 373 Å². The minimum absolute atomic E-state index is 0.462. The summed E-state index contributed by atoms with van der Waals surface area (Å²) >= 11 is 0. The van der Waals surface area contributed by atoms with Crippen LogP contribution in [0.15, 0.2) is 286 Å². The maximum absolute atomic E-state index is 8.95. The molecule has 10 nitrogen and oxygen atoms in total. The third-order valence-electron chi connectivity index (χ3n) is 25.0. The van der Waals surface area contributed by atoms with Crippen molar-refractivity contribution in [3.05, 3.63) is 375 Å². The molecule has 11 aromatic carbocycles. The van der Waals surface area contributed by atoms with Crippen molar-refractivity contribution in [2.24, 2.45) is 35.2 Å². The number of aromatic nitrogens is 10. The van der Waals surface area contributed by atoms with Crippen molar-refractivity contribution in [3.8, 4) is 79.7 Å². The summed E-state index contributed by atoms with van der Waals surface area (Å²) in [6.45, 7) is 54.6. The molecule has 0 aliphatic carbocycles. The second-order valence-electron chi connectivity index (χ2n) is 37.9. The summed E-state index contributed by atoms with van der Waals surface area (Å²) in [6, 6.07) is 82.6. The van der Waals surface area contributed by atoms with Crippen molar-refractivity contribution in [1.82, 2.24) is 23.3 Å². The highest BCUT2D eigenvalue weighted by Gasteiger charge is 2.33. The number of nitrogens with one attached hydrogen (secondary N) is 1. The number of benzene rings is 11. The van der Waals surface area contributed by atoms with Crippen LogP contribution in [-0.2, 0) is 35.2 Å². The van der Waals surface area contributed by atoms with E-state index in [0.717, 1.165) is 67.8 Å². The molecule has 0 fully saturated rings. The largest absolute Gasteiger partial charge is 0.294 e. The van der Waals surface area contributed by atoms with Crippen LogP contribution in [0, 0.1) is 41.5 Å². The van der Waals surface area contributed by atoms with Gasteiger partial charge in [-0.15, -0.1) is 0 Å². The smallest absolute Gasteiger partial charge is 0.236 e. The van der Waals surface area contributed by atoms with Crippen LogP contribution in [0.25, 0.3) is 90.7 Å². The van der Waals surface area contributed by atoms with Gasteiger partial charge >= 0.3 is 0 Å². The van der Waals surface area contributed by atoms with E-state index in [4.69, 9.17) is 6.85 Å². The lowest BCUT2D eigenvalue weighted by atomic mass is 9.87. The fraction of sp³-hybridized carbons (Fsp3) is 0.342. The third kappa shape index (κ3) is 22.2. The summed E-state index contributed by atoms with van der Waals surface area (Å²) in [5.41, 5.74) is 32.0. The number of aromatic amines is 1. The zero-order valence-electron chi connectivity index (χ0n) is 89.0. The summed E-state index contributed by atoms with van der Waals surface area (Å²) in [7, 11) is 10.4. The van der Waals surface area contributed by atoms with E-state index < -0.39 is 29.5 Å². The number of para-hydroxylation sites is 4. The molecule has 0 aliphatic rings. The van der Waals surface area contributed by atoms with Crippen LogP contribution < -0.4 is 22.8 Å². The number of imidazole rings is 5. The molecule has 16 rings (SSSR count). The first-order valence-electron chi connectivity index (χ1n) is 49.2. The first-order valence-corrected chi connectivity index (χ1v) is 46.7. The van der Waals surface area contributed by atoms with Crippen LogP contribution in [-0.4, -0.2) is 23.3 Å². The standard InChI is InChI=1S/2C26H35N2.2C23H29N2.C15H14N2.C7H8/c2*1-17(2)21-15-23(18(3)4)25(24(16-21)19(5)6)28-14-13-27(8)26(28)22-12-10-9-11-20(22)7;2*1-16(2)19-12-9-13-20(17(3)4)22(19)25-15-14-24(6)23(25)21-11-8-7-10-18(21)5;1-11-7-3-4-8-12(11)15-16-13-9-5-6-10-14(13)17(15)2;1-7-5-3-2-4-6-7/h2*9-19H,1-8H3;2*7-17H,1-6H3;3-10H,1-2H3;2-6H,1H3/q4*+1;;/p+1/i17D,18D,19D;;16D,17D;;;. The molecule has 0 amide bonds. The Bertz CT molecular complexity index is 6640. The lowest BCUT2D eigenvalue weighted by Gasteiger charge is -2.21. The number of hydrogen-bond donors (Lipinski definition) is 1. The van der Waals surface area contributed by atoms with Crippen LogP contribution >= 0.6 is 0 Å². The lowest BCUT2D eigenvalue weighted by molar-refractivity contribution is -0.659. The van der Waals surface area contributed by atoms with Gasteiger partial charge in [-0.3, -0.25) is 0 Å². The number of fused-ring (bicyclic) bond motifs is 1. The minimum Gasteiger partial charge on any atom is -0.236 e. The van der Waals surface area contributed by atoms with Gasteiger partial charge in [-0.25, -0.2) is 27.8 Å². The van der Waals surface area contributed by atoms with Gasteiger partial charge in [0.2, 0.25) is 0 Å². The molecular formula is C120H151N10+5. The van der Waals surface area contributed by atoms with Crippen LogP contribution in [0.4, 0.5) is 0 Å². The van der Waals surface area contributed by atoms with Gasteiger partial charge in [0.05, 0.1) is 63.1 Å². The van der Waals surface area contributed by atoms with Crippen molar-refractivity contribution < 1.29 is 29.7 Å². The SMILES string of the molecule is Cc1ccccc1.Cc1ccccc1-c1[nH]c2ccccc2[n+]1C.Cc1ccccc1-c1n(-c2c(C(C)C)cc(C(C)C)cc2C(C)C)cc[n+]1C.Cc1ccccc1-c1n(-c2c(C(C)C)cccc2C(C)C)cc[n+]1C.[2H]C(C)(C)c1cc(C([2H])(C)C)c(-n2cc[n+](C)c2-c2ccccc2C)c(C([2H])(C)C)c1.[2H]C(C)(C)c1cccc(C([2H])(C)C)c1-n1cc[n+](C)c1-c1ccccc1C. The quantitative estimate of drug-likeness (QED) is 0.0785. The molecule has 1 N–H and O–H groups in total. The van der Waals surface area contributed by atoms with Gasteiger partial charge in [0.15, 0.2) is 11.0 Å². The summed E-state index contributed by atoms with van der Waals surface area (Å²) in [5, 5.41) is 0. The van der Waals surface area contributed by atoms with Crippen molar-refractivity contribution in [2.45, 2.75) is 239 Å². The molecule has 0 atom stereocenters. The van der Waals surface area contributed by atoms with Crippen LogP contribution in [0.5, 0.6) is 0 Å². The van der Waals surface area contributed by atoms with Gasteiger partial charge in [0, 0.05) is 51.4 Å². The summed E-state index contributed by atoms with van der Waals surface area (Å²) in [6.07, 6.45) is 16.9. The highest BCUT2D eigenvalue weighted by atomic mass is 15.2. The average molecular weight is 1740 g/mol. The molecule has 0 unspecified atom stereocenters. The second kappa shape index (κ2) is 43.9. The van der Waals surface area contributed by atoms with E-state index in [0.29, 0.717) is 29.6 Å². The van der Waals surface area contributed by atoms with E-state index in [9.17, 15) is 0 Å². The van der Waals surface area contributed by atoms with E-state index in [1.54, 1.807) is 0 Å². The summed E-state index contributed by atoms with van der Waals surface area (Å²) in [4.78, 5) is 3.48. The Balaban J connectivity index is 0.000000160. The van der Waals surface area contributed by atoms with Crippen molar-refractivity contribution in [1.29, 1.82) is 0 Å². The number of hydrogen-bond acceptors (Lipinski definition) is 0. The Kier molecular flexibility index (Phi) is 30.7. The van der Waals surface area contributed by atoms with E-state index >= 15 is 0 Å². The van der Waals surface area contributed by atoms with Gasteiger partial charge in [-0.2, -0.15) is 18.3 Å². The van der Waals surface area contributed by atoms with Crippen molar-refractivity contribution in [2.75, 3.05) is 0 Å². The van der Waals surface area contributed by atoms with Gasteiger partial charge < -0.3 is 0 Å². The molecule has 10 heteroatoms. The first-order chi connectivity index (χ1) is 63.4. The van der Waals surface area contributed by atoms with E-state index in [1.807, 2.05) is 175 Å². The zero-order chi connectivity index (χ0) is 99.0. The van der Waals surface area contributed by atoms with Crippen molar-refractivity contribution >= 4 is 11.0 Å². The predicted octanol–water partition coefficient (Wildman–Crippen LogP) is 29.3. The van der Waals surface area contributed by atoms with Crippen molar-refractivity contribution in [3.63, 3.8) is 0 Å². The van der Waals surface area contributed by atoms with Gasteiger partial charge in [-0.05, 0) is 182 Å². The minimum atomic E-state index is -0.900. The topological polar surface area (TPSA) is 54.9 Å². The molecule has 0 spiro atoms. The molecule has 5 heterocycles. The van der Waals surface area contributed by atoms with Gasteiger partial charge in [-0.1, -0.05) is 338 Å². The summed E-state index contributed by atoms with van der Waals surface area (Å²) < 4.78 is 63.9. The fourth-order valence-electron chi connectivity index (χ4n) is 17.6. The Morgan fingerprint density at radius 1 is 0.254 bits per heavy atom. The second-order valence-corrected chi connectivity index (χ2v) is 37.9. The predicted molar refractivity (Wildman–Crippen MR) is 550 cm³/mol. The van der Waals surface area contributed by atoms with Gasteiger partial charge in [0.1, 0.15) is 72.3 Å². The molecular weight excluding hydrogens is 1580 g/mol. The number of aryl methyl sites for hydroxylation is 11. The highest BCUT2D eigenvalue weighted by Crippen LogP contribution is 2.42. The molecule has 0 saturated heterocycles. The number of rotatable bonds is 19. The van der Waals surface area contributed by atoms with Crippen LogP contribution in [0.1, 0.15) is 293 Å². The van der Waals surface area contributed by atoms with E-state index in [1.165, 1.54) is 112 Å². The molecule has 676 valence electrons. The highest BCUT2D eigenvalue weighted by molar-refractivity contribution is 5.76. The third-order valence-corrected chi connectivity index (χ3v) is 25.0. The molecule has 0 saturated carbocycles. The molecule has 0 bridgehead atoms. The van der Waals surface area contributed by atoms with E-state index in [-0.39, 0.29) is 0 Å². The molecule has 5 aromatic heterocycles. The summed E-state index contributed by atoms with van der Waals surface area (Å²) in [5.74, 6) is 3.91. The van der Waals surface area contributed by atoms with Crippen LogP contribution in [0.3, 0.4) is 0 Å². The number of H-pyrrole nitrogens is 1. The maximum atomic E-state index is 8.95. The molecule has 0 aliphatic heterocycles. The molecule has 0 radical (unpaired) electrons. The first kappa shape index (κ1) is 91.1. The molecule has 130 heavy (non-hydrogen) atoms. The zero-order valence-corrected chi connectivity index (χ0v) is 84.0. The fourth-order valence-corrected chi connectivity index (χ4v) is 17.6. The Labute approximate surface area is 788 Å². The lowest BCUT2D eigenvalue weighted by Crippen LogP contribution is -2.29. The number of nitrogens with zero attached hydrogens (tertiary/aromatic N) is 9. The maximum Gasteiger partial charge on any atom is 0.294 e. The molecule has 16 aromatic rings.